The number of carbonyl (C=O) groups is 1. The number of nitrogens with one attached hydrogen (secondary N) is 1. The average molecular weight is 429 g/mol. The molecule has 0 bridgehead atoms. The Hall–Kier alpha value is -3.46. The van der Waals surface area contributed by atoms with Gasteiger partial charge in [0.05, 0.1) is 17.9 Å². The molecule has 1 aliphatic heterocycles. The second-order valence-electron chi connectivity index (χ2n) is 6.82. The number of hydrogen-bond donors (Lipinski definition) is 2. The van der Waals surface area contributed by atoms with Crippen LogP contribution in [0, 0.1) is 6.92 Å². The van der Waals surface area contributed by atoms with Crippen molar-refractivity contribution in [3.63, 3.8) is 0 Å². The number of hydrogen-bond acceptors (Lipinski definition) is 6. The van der Waals surface area contributed by atoms with Crippen molar-refractivity contribution in [1.82, 2.24) is 0 Å². The normalized spacial score (nSPS) is 12.8. The van der Waals surface area contributed by atoms with Crippen molar-refractivity contribution in [3.05, 3.63) is 71.0 Å². The maximum atomic E-state index is 12.7. The van der Waals surface area contributed by atoms with Gasteiger partial charge in [0.1, 0.15) is 23.9 Å². The van der Waals surface area contributed by atoms with E-state index in [4.69, 9.17) is 19.0 Å². The molecule has 3 aromatic rings. The summed E-state index contributed by atoms with van der Waals surface area (Å²) in [7, 11) is -3.93. The Labute approximate surface area is 173 Å². The summed E-state index contributed by atoms with van der Waals surface area (Å²) in [5.41, 5.74) is 2.06. The minimum Gasteiger partial charge on any atom is -0.493 e. The number of furan rings is 1. The van der Waals surface area contributed by atoms with Crippen LogP contribution >= 0.6 is 0 Å². The van der Waals surface area contributed by atoms with Crippen LogP contribution in [0.1, 0.15) is 27.2 Å². The number of aromatic carboxylic acids is 1. The maximum absolute atomic E-state index is 12.7. The molecule has 2 aromatic carbocycles. The van der Waals surface area contributed by atoms with Gasteiger partial charge in [0.2, 0.25) is 5.09 Å². The summed E-state index contributed by atoms with van der Waals surface area (Å²) in [6.07, 6.45) is 0.668. The van der Waals surface area contributed by atoms with Crippen LogP contribution in [0.4, 0.5) is 5.69 Å². The number of anilines is 1. The topological polar surface area (TPSA) is 115 Å². The van der Waals surface area contributed by atoms with Gasteiger partial charge in [-0.25, -0.2) is 4.79 Å². The molecule has 0 amide bonds. The van der Waals surface area contributed by atoms with Crippen LogP contribution < -0.4 is 14.2 Å². The molecule has 0 saturated carbocycles. The summed E-state index contributed by atoms with van der Waals surface area (Å²) in [4.78, 5) is 11.0. The summed E-state index contributed by atoms with van der Waals surface area (Å²) in [5, 5.41) is 8.81. The highest BCUT2D eigenvalue weighted by molar-refractivity contribution is 7.92. The van der Waals surface area contributed by atoms with Gasteiger partial charge >= 0.3 is 5.97 Å². The highest BCUT2D eigenvalue weighted by atomic mass is 32.2. The first-order valence-corrected chi connectivity index (χ1v) is 10.6. The molecule has 156 valence electrons. The minimum atomic E-state index is -3.93. The van der Waals surface area contributed by atoms with E-state index in [1.54, 1.807) is 37.3 Å². The van der Waals surface area contributed by atoms with E-state index in [-0.39, 0.29) is 22.9 Å². The first-order chi connectivity index (χ1) is 14.3. The molecule has 9 heteroatoms. The fraction of sp³-hybridized carbons (Fsp3) is 0.190. The van der Waals surface area contributed by atoms with Crippen LogP contribution in [-0.4, -0.2) is 26.1 Å². The van der Waals surface area contributed by atoms with Gasteiger partial charge < -0.3 is 19.0 Å². The lowest BCUT2D eigenvalue weighted by Gasteiger charge is -2.15. The second kappa shape index (κ2) is 7.75. The van der Waals surface area contributed by atoms with E-state index in [0.29, 0.717) is 30.3 Å². The Kier molecular flexibility index (Phi) is 5.13. The molecule has 0 aliphatic carbocycles. The molecule has 2 heterocycles. The van der Waals surface area contributed by atoms with Crippen LogP contribution in [0.15, 0.2) is 58.0 Å². The van der Waals surface area contributed by atoms with Gasteiger partial charge in [-0.1, -0.05) is 12.1 Å². The largest absolute Gasteiger partial charge is 0.493 e. The summed E-state index contributed by atoms with van der Waals surface area (Å²) in [6.45, 7) is 2.29. The molecule has 0 unspecified atom stereocenters. The van der Waals surface area contributed by atoms with Crippen molar-refractivity contribution in [2.75, 3.05) is 11.3 Å². The molecule has 30 heavy (non-hydrogen) atoms. The molecule has 4 rings (SSSR count). The lowest BCUT2D eigenvalue weighted by atomic mass is 10.1. The van der Waals surface area contributed by atoms with Gasteiger partial charge in [0.15, 0.2) is 0 Å². The Morgan fingerprint density at radius 3 is 2.60 bits per heavy atom. The van der Waals surface area contributed by atoms with E-state index in [9.17, 15) is 13.2 Å². The van der Waals surface area contributed by atoms with Gasteiger partial charge in [-0.3, -0.25) is 4.72 Å². The summed E-state index contributed by atoms with van der Waals surface area (Å²) >= 11 is 0. The molecule has 2 N–H and O–H groups in total. The smallest absolute Gasteiger partial charge is 0.335 e. The second-order valence-corrected chi connectivity index (χ2v) is 8.43. The predicted molar refractivity (Wildman–Crippen MR) is 108 cm³/mol. The Morgan fingerprint density at radius 1 is 1.17 bits per heavy atom. The highest BCUT2D eigenvalue weighted by Crippen LogP contribution is 2.37. The van der Waals surface area contributed by atoms with Gasteiger partial charge in [-0.2, -0.15) is 8.42 Å². The van der Waals surface area contributed by atoms with Crippen molar-refractivity contribution in [2.45, 2.75) is 25.0 Å². The molecular weight excluding hydrogens is 410 g/mol. The molecule has 0 saturated heterocycles. The Morgan fingerprint density at radius 2 is 1.93 bits per heavy atom. The number of carboxylic acid groups (broad SMARTS) is 1. The van der Waals surface area contributed by atoms with Gasteiger partial charge in [0.25, 0.3) is 10.0 Å². The van der Waals surface area contributed by atoms with Crippen LogP contribution in [0.25, 0.3) is 0 Å². The SMILES string of the molecule is Cc1ccc(S(=O)(=O)Nc2cc3c(cc2OCc2ccc(C(=O)O)cc2)OCC3)o1. The van der Waals surface area contributed by atoms with Crippen LogP contribution in [0.5, 0.6) is 11.5 Å². The van der Waals surface area contributed by atoms with Gasteiger partial charge in [-0.05, 0) is 48.4 Å². The maximum Gasteiger partial charge on any atom is 0.335 e. The number of sulfonamides is 1. The first-order valence-electron chi connectivity index (χ1n) is 9.16. The molecule has 0 radical (unpaired) electrons. The zero-order chi connectivity index (χ0) is 21.3. The molecule has 1 aliphatic rings. The van der Waals surface area contributed by atoms with Gasteiger partial charge in [0, 0.05) is 12.5 Å². The molecule has 0 atom stereocenters. The van der Waals surface area contributed by atoms with Gasteiger partial charge in [-0.15, -0.1) is 0 Å². The number of benzene rings is 2. The average Bonchev–Trinajstić information content (AvgIpc) is 3.35. The third kappa shape index (κ3) is 4.11. The van der Waals surface area contributed by atoms with Crippen molar-refractivity contribution in [3.8, 4) is 11.5 Å². The monoisotopic (exact) mass is 429 g/mol. The Balaban J connectivity index is 1.60. The van der Waals surface area contributed by atoms with E-state index in [2.05, 4.69) is 4.72 Å². The van der Waals surface area contributed by atoms with Crippen LogP contribution in [-0.2, 0) is 23.1 Å². The summed E-state index contributed by atoms with van der Waals surface area (Å²) in [6, 6.07) is 12.6. The lowest BCUT2D eigenvalue weighted by Crippen LogP contribution is -2.13. The zero-order valence-electron chi connectivity index (χ0n) is 16.0. The van der Waals surface area contributed by atoms with Crippen molar-refractivity contribution in [1.29, 1.82) is 0 Å². The van der Waals surface area contributed by atoms with Crippen LogP contribution in [0.2, 0.25) is 0 Å². The van der Waals surface area contributed by atoms with Crippen molar-refractivity contribution in [2.24, 2.45) is 0 Å². The van der Waals surface area contributed by atoms with E-state index < -0.39 is 16.0 Å². The number of fused-ring (bicyclic) bond motifs is 1. The number of ether oxygens (including phenoxy) is 2. The summed E-state index contributed by atoms with van der Waals surface area (Å²) < 4.78 is 44.6. The standard InChI is InChI=1S/C21H19NO7S/c1-13-2-7-20(29-13)30(25,26)22-17-10-16-8-9-27-18(16)11-19(17)28-12-14-3-5-15(6-4-14)21(23)24/h2-7,10-11,22H,8-9,12H2,1H3,(H,23,24). The number of rotatable bonds is 7. The fourth-order valence-electron chi connectivity index (χ4n) is 3.06. The number of carboxylic acids is 1. The Bertz CT molecular complexity index is 1200. The third-order valence-electron chi connectivity index (χ3n) is 4.61. The zero-order valence-corrected chi connectivity index (χ0v) is 16.9. The summed E-state index contributed by atoms with van der Waals surface area (Å²) in [5.74, 6) is 0.412. The fourth-order valence-corrected chi connectivity index (χ4v) is 4.10. The van der Waals surface area contributed by atoms with E-state index >= 15 is 0 Å². The first kappa shape index (κ1) is 19.8. The molecule has 0 spiro atoms. The third-order valence-corrected chi connectivity index (χ3v) is 5.85. The number of aryl methyl sites for hydroxylation is 1. The molecular formula is C21H19NO7S. The molecule has 1 aromatic heterocycles. The molecule has 0 fully saturated rings. The quantitative estimate of drug-likeness (QED) is 0.590. The van der Waals surface area contributed by atoms with Crippen LogP contribution in [0.3, 0.4) is 0 Å². The minimum absolute atomic E-state index is 0.118. The predicted octanol–water partition coefficient (Wildman–Crippen LogP) is 3.60. The molecule has 8 nitrogen and oxygen atoms in total. The highest BCUT2D eigenvalue weighted by Gasteiger charge is 2.23. The van der Waals surface area contributed by atoms with E-state index in [1.807, 2.05) is 0 Å². The van der Waals surface area contributed by atoms with E-state index in [0.717, 1.165) is 11.1 Å². The van der Waals surface area contributed by atoms with Crippen molar-refractivity contribution < 1.29 is 32.2 Å². The lowest BCUT2D eigenvalue weighted by molar-refractivity contribution is 0.0697. The van der Waals surface area contributed by atoms with Crippen molar-refractivity contribution >= 4 is 21.7 Å². The van der Waals surface area contributed by atoms with E-state index in [1.165, 1.54) is 18.2 Å².